The maximum Gasteiger partial charge on any atom is 0.243 e. The molecule has 2 heterocycles. The average Bonchev–Trinajstić information content (AvgIpc) is 2.86. The molecule has 0 spiro atoms. The summed E-state index contributed by atoms with van der Waals surface area (Å²) < 4.78 is 6.08. The van der Waals surface area contributed by atoms with Crippen molar-refractivity contribution in [2.24, 2.45) is 5.73 Å². The van der Waals surface area contributed by atoms with Crippen molar-refractivity contribution >= 4 is 15.9 Å². The van der Waals surface area contributed by atoms with E-state index >= 15 is 0 Å². The molecule has 0 fully saturated rings. The van der Waals surface area contributed by atoms with Gasteiger partial charge in [-0.15, -0.1) is 0 Å². The molecule has 2 N–H and O–H groups in total. The second-order valence-corrected chi connectivity index (χ2v) is 4.98. The summed E-state index contributed by atoms with van der Waals surface area (Å²) in [7, 11) is 0. The molecule has 2 aromatic rings. The van der Waals surface area contributed by atoms with Gasteiger partial charge in [0, 0.05) is 10.7 Å². The van der Waals surface area contributed by atoms with Gasteiger partial charge < -0.3 is 10.3 Å². The molecule has 2 rings (SSSR count). The predicted octanol–water partition coefficient (Wildman–Crippen LogP) is 3.08. The first-order chi connectivity index (χ1) is 8.70. The van der Waals surface area contributed by atoms with Gasteiger partial charge in [0.15, 0.2) is 0 Å². The fourth-order valence-electron chi connectivity index (χ4n) is 1.55. The quantitative estimate of drug-likeness (QED) is 0.918. The van der Waals surface area contributed by atoms with Gasteiger partial charge in [-0.05, 0) is 34.5 Å². The number of nitrogens with zero attached hydrogens (tertiary/aromatic N) is 3. The van der Waals surface area contributed by atoms with Crippen LogP contribution in [0.2, 0.25) is 0 Å². The molecule has 96 valence electrons. The first-order valence-corrected chi connectivity index (χ1v) is 6.71. The number of hydrogen-bond donors (Lipinski definition) is 1. The van der Waals surface area contributed by atoms with Crippen molar-refractivity contribution in [3.63, 3.8) is 0 Å². The van der Waals surface area contributed by atoms with Crippen molar-refractivity contribution in [3.8, 4) is 11.5 Å². The summed E-state index contributed by atoms with van der Waals surface area (Å²) in [6.45, 7) is 2.12. The highest BCUT2D eigenvalue weighted by Gasteiger charge is 2.15. The van der Waals surface area contributed by atoms with Crippen LogP contribution in [0.4, 0.5) is 0 Å². The lowest BCUT2D eigenvalue weighted by Gasteiger charge is -2.03. The van der Waals surface area contributed by atoms with Gasteiger partial charge in [-0.1, -0.05) is 24.9 Å². The molecule has 0 bridgehead atoms. The summed E-state index contributed by atoms with van der Waals surface area (Å²) in [6.07, 6.45) is 4.70. The second-order valence-electron chi connectivity index (χ2n) is 4.07. The lowest BCUT2D eigenvalue weighted by molar-refractivity contribution is 0.346. The molecule has 0 radical (unpaired) electrons. The number of nitrogens with two attached hydrogens (primary N) is 1. The van der Waals surface area contributed by atoms with Crippen LogP contribution in [-0.4, -0.2) is 15.1 Å². The molecule has 18 heavy (non-hydrogen) atoms. The lowest BCUT2D eigenvalue weighted by atomic mass is 10.1. The van der Waals surface area contributed by atoms with Gasteiger partial charge in [0.05, 0.1) is 6.04 Å². The van der Waals surface area contributed by atoms with Crippen LogP contribution in [0.1, 0.15) is 38.1 Å². The molecule has 2 aromatic heterocycles. The van der Waals surface area contributed by atoms with Crippen LogP contribution in [-0.2, 0) is 0 Å². The maximum atomic E-state index is 5.97. The van der Waals surface area contributed by atoms with Crippen LogP contribution in [0.5, 0.6) is 0 Å². The summed E-state index contributed by atoms with van der Waals surface area (Å²) in [6, 6.07) is 3.52. The Morgan fingerprint density at radius 2 is 2.28 bits per heavy atom. The fraction of sp³-hybridized carbons (Fsp3) is 0.417. The van der Waals surface area contributed by atoms with E-state index in [1.54, 1.807) is 6.20 Å². The van der Waals surface area contributed by atoms with Crippen LogP contribution in [0.25, 0.3) is 11.5 Å². The highest BCUT2D eigenvalue weighted by molar-refractivity contribution is 9.10. The van der Waals surface area contributed by atoms with Crippen molar-refractivity contribution < 1.29 is 4.52 Å². The predicted molar refractivity (Wildman–Crippen MR) is 71.7 cm³/mol. The van der Waals surface area contributed by atoms with E-state index < -0.39 is 0 Å². The average molecular weight is 311 g/mol. The molecule has 0 aliphatic heterocycles. The standard InChI is InChI=1S/C12H15BrN4O/c1-2-3-4-9(14)12-16-11(17-18-12)10-6-5-8(13)7-15-10/h5-7,9H,2-4,14H2,1H3. The minimum Gasteiger partial charge on any atom is -0.337 e. The normalized spacial score (nSPS) is 12.6. The molecular weight excluding hydrogens is 296 g/mol. The molecule has 1 atom stereocenters. The minimum absolute atomic E-state index is 0.193. The largest absolute Gasteiger partial charge is 0.337 e. The van der Waals surface area contributed by atoms with Gasteiger partial charge >= 0.3 is 0 Å². The third kappa shape index (κ3) is 3.14. The number of pyridine rings is 1. The van der Waals surface area contributed by atoms with Gasteiger partial charge in [-0.3, -0.25) is 4.98 Å². The summed E-state index contributed by atoms with van der Waals surface area (Å²) in [5.74, 6) is 0.951. The zero-order valence-electron chi connectivity index (χ0n) is 10.1. The van der Waals surface area contributed by atoms with Crippen molar-refractivity contribution in [1.82, 2.24) is 15.1 Å². The van der Waals surface area contributed by atoms with E-state index in [-0.39, 0.29) is 6.04 Å². The molecule has 0 aliphatic carbocycles. The van der Waals surface area contributed by atoms with Crippen molar-refractivity contribution in [2.75, 3.05) is 0 Å². The molecule has 0 amide bonds. The van der Waals surface area contributed by atoms with Crippen molar-refractivity contribution in [3.05, 3.63) is 28.7 Å². The van der Waals surface area contributed by atoms with Crippen LogP contribution < -0.4 is 5.73 Å². The molecule has 1 unspecified atom stereocenters. The Hall–Kier alpha value is -1.27. The summed E-state index contributed by atoms with van der Waals surface area (Å²) >= 11 is 3.33. The Labute approximate surface area is 114 Å². The molecule has 0 aliphatic rings. The highest BCUT2D eigenvalue weighted by atomic mass is 79.9. The maximum absolute atomic E-state index is 5.97. The SMILES string of the molecule is CCCCC(N)c1nc(-c2ccc(Br)cn2)no1. The van der Waals surface area contributed by atoms with E-state index in [0.29, 0.717) is 17.4 Å². The van der Waals surface area contributed by atoms with E-state index in [4.69, 9.17) is 10.3 Å². The van der Waals surface area contributed by atoms with Gasteiger partial charge in [-0.25, -0.2) is 0 Å². The van der Waals surface area contributed by atoms with Gasteiger partial charge in [0.25, 0.3) is 0 Å². The Balaban J connectivity index is 2.12. The topological polar surface area (TPSA) is 77.8 Å². The highest BCUT2D eigenvalue weighted by Crippen LogP contribution is 2.20. The van der Waals surface area contributed by atoms with Crippen molar-refractivity contribution in [1.29, 1.82) is 0 Å². The summed E-state index contributed by atoms with van der Waals surface area (Å²) in [5.41, 5.74) is 6.65. The zero-order chi connectivity index (χ0) is 13.0. The summed E-state index contributed by atoms with van der Waals surface area (Å²) in [5, 5.41) is 3.90. The number of halogens is 1. The van der Waals surface area contributed by atoms with E-state index in [9.17, 15) is 0 Å². The lowest BCUT2D eigenvalue weighted by Crippen LogP contribution is -2.10. The summed E-state index contributed by atoms with van der Waals surface area (Å²) in [4.78, 5) is 8.49. The van der Waals surface area contributed by atoms with Crippen LogP contribution in [0, 0.1) is 0 Å². The van der Waals surface area contributed by atoms with Gasteiger partial charge in [-0.2, -0.15) is 4.98 Å². The minimum atomic E-state index is -0.193. The smallest absolute Gasteiger partial charge is 0.243 e. The number of rotatable bonds is 5. The van der Waals surface area contributed by atoms with E-state index in [1.165, 1.54) is 0 Å². The first-order valence-electron chi connectivity index (χ1n) is 5.92. The van der Waals surface area contributed by atoms with Crippen LogP contribution in [0.15, 0.2) is 27.3 Å². The first kappa shape index (κ1) is 13.2. The number of hydrogen-bond acceptors (Lipinski definition) is 5. The monoisotopic (exact) mass is 310 g/mol. The third-order valence-electron chi connectivity index (χ3n) is 2.58. The van der Waals surface area contributed by atoms with Crippen LogP contribution in [0.3, 0.4) is 0 Å². The molecule has 0 aromatic carbocycles. The Bertz CT molecular complexity index is 497. The molecule has 5 nitrogen and oxygen atoms in total. The Morgan fingerprint density at radius 3 is 2.94 bits per heavy atom. The van der Waals surface area contributed by atoms with Crippen LogP contribution >= 0.6 is 15.9 Å². The Morgan fingerprint density at radius 1 is 1.44 bits per heavy atom. The zero-order valence-corrected chi connectivity index (χ0v) is 11.7. The third-order valence-corrected chi connectivity index (χ3v) is 3.05. The van der Waals surface area contributed by atoms with Gasteiger partial charge in [0.2, 0.25) is 11.7 Å². The Kier molecular flexibility index (Phi) is 4.43. The second kappa shape index (κ2) is 6.06. The molecule has 6 heteroatoms. The van der Waals surface area contributed by atoms with E-state index in [2.05, 4.69) is 38.0 Å². The molecule has 0 saturated heterocycles. The molecular formula is C12H15BrN4O. The van der Waals surface area contributed by atoms with Gasteiger partial charge in [0.1, 0.15) is 5.69 Å². The van der Waals surface area contributed by atoms with Crippen molar-refractivity contribution in [2.45, 2.75) is 32.2 Å². The number of aromatic nitrogens is 3. The fourth-order valence-corrected chi connectivity index (χ4v) is 1.78. The van der Waals surface area contributed by atoms with E-state index in [0.717, 1.165) is 23.7 Å². The number of unbranched alkanes of at least 4 members (excludes halogenated alkanes) is 1. The molecule has 0 saturated carbocycles. The van der Waals surface area contributed by atoms with E-state index in [1.807, 2.05) is 12.1 Å².